The fraction of sp³-hybridized carbons (Fsp3) is 0.375. The molecule has 2 aromatic rings. The molecule has 5 heteroatoms. The monoisotopic (exact) mass is 302 g/mol. The normalized spacial score (nSPS) is 13.0. The lowest BCUT2D eigenvalue weighted by atomic mass is 10.1. The van der Waals surface area contributed by atoms with Gasteiger partial charge in [-0.05, 0) is 48.9 Å². The number of hydrogen-bond acceptors (Lipinski definition) is 4. The van der Waals surface area contributed by atoms with Crippen LogP contribution in [0.1, 0.15) is 30.9 Å². The zero-order chi connectivity index (χ0) is 14.7. The molecule has 0 amide bonds. The Hall–Kier alpha value is -1.81. The van der Waals surface area contributed by atoms with Gasteiger partial charge in [-0.15, -0.1) is 0 Å². The van der Waals surface area contributed by atoms with Crippen molar-refractivity contribution in [2.45, 2.75) is 32.6 Å². The van der Waals surface area contributed by atoms with Crippen LogP contribution in [0.3, 0.4) is 0 Å². The molecule has 1 aromatic carbocycles. The lowest BCUT2D eigenvalue weighted by Crippen LogP contribution is -2.06. The Labute approximate surface area is 130 Å². The molecule has 0 saturated heterocycles. The first-order chi connectivity index (χ1) is 10.3. The fourth-order valence-corrected chi connectivity index (χ4v) is 2.70. The quantitative estimate of drug-likeness (QED) is 0.870. The van der Waals surface area contributed by atoms with Crippen LogP contribution in [0.2, 0.25) is 5.02 Å². The summed E-state index contributed by atoms with van der Waals surface area (Å²) in [5.74, 6) is 1.24. The fourth-order valence-electron chi connectivity index (χ4n) is 2.56. The van der Waals surface area contributed by atoms with Crippen molar-refractivity contribution in [1.29, 1.82) is 0 Å². The second-order valence-corrected chi connectivity index (χ2v) is 5.69. The smallest absolute Gasteiger partial charge is 0.224 e. The maximum Gasteiger partial charge on any atom is 0.224 e. The van der Waals surface area contributed by atoms with E-state index in [0.29, 0.717) is 16.8 Å². The second-order valence-electron chi connectivity index (χ2n) is 5.28. The van der Waals surface area contributed by atoms with Crippen molar-refractivity contribution in [2.24, 2.45) is 0 Å². The number of anilines is 3. The molecule has 21 heavy (non-hydrogen) atoms. The van der Waals surface area contributed by atoms with Crippen molar-refractivity contribution in [1.82, 2.24) is 9.97 Å². The predicted molar refractivity (Wildman–Crippen MR) is 87.6 cm³/mol. The number of aromatic nitrogens is 2. The van der Waals surface area contributed by atoms with Crippen LogP contribution in [0.15, 0.2) is 24.4 Å². The minimum Gasteiger partial charge on any atom is -0.354 e. The van der Waals surface area contributed by atoms with E-state index in [2.05, 4.69) is 45.7 Å². The molecular formula is C16H19ClN4. The third kappa shape index (κ3) is 3.27. The van der Waals surface area contributed by atoms with Crippen molar-refractivity contribution in [3.63, 3.8) is 0 Å². The number of rotatable bonds is 5. The Bertz CT molecular complexity index is 642. The first-order valence-corrected chi connectivity index (χ1v) is 7.79. The Morgan fingerprint density at radius 1 is 1.24 bits per heavy atom. The van der Waals surface area contributed by atoms with Crippen LogP contribution >= 0.6 is 11.6 Å². The number of benzene rings is 1. The number of halogens is 1. The van der Waals surface area contributed by atoms with Gasteiger partial charge in [-0.25, -0.2) is 4.98 Å². The number of nitrogens with zero attached hydrogens (tertiary/aromatic N) is 2. The van der Waals surface area contributed by atoms with Crippen LogP contribution in [0.25, 0.3) is 0 Å². The van der Waals surface area contributed by atoms with Gasteiger partial charge in [0.15, 0.2) is 5.82 Å². The van der Waals surface area contributed by atoms with Crippen LogP contribution in [0.5, 0.6) is 0 Å². The third-order valence-corrected chi connectivity index (χ3v) is 3.92. The molecule has 1 aromatic heterocycles. The lowest BCUT2D eigenvalue weighted by Gasteiger charge is -2.11. The van der Waals surface area contributed by atoms with E-state index in [1.54, 1.807) is 6.20 Å². The average Bonchev–Trinajstić information content (AvgIpc) is 2.95. The molecule has 1 heterocycles. The molecule has 110 valence electrons. The molecule has 0 atom stereocenters. The summed E-state index contributed by atoms with van der Waals surface area (Å²) >= 11 is 6.18. The standard InChI is InChI=1S/C16H19ClN4/c1-2-8-18-16-19-10-14(17)15(21-16)20-13-7-6-11-4-3-5-12(11)9-13/h6-7,9-10H,2-5,8H2,1H3,(H2,18,19,20,21). The Kier molecular flexibility index (Phi) is 4.25. The first kappa shape index (κ1) is 14.1. The SMILES string of the molecule is CCCNc1ncc(Cl)c(Nc2ccc3c(c2)CCC3)n1. The van der Waals surface area contributed by atoms with Gasteiger partial charge < -0.3 is 10.6 Å². The summed E-state index contributed by atoms with van der Waals surface area (Å²) in [5.41, 5.74) is 3.91. The highest BCUT2D eigenvalue weighted by Gasteiger charge is 2.12. The molecule has 0 fully saturated rings. The van der Waals surface area contributed by atoms with Crippen molar-refractivity contribution < 1.29 is 0 Å². The van der Waals surface area contributed by atoms with E-state index in [1.807, 2.05) is 0 Å². The van der Waals surface area contributed by atoms with Crippen molar-refractivity contribution in [2.75, 3.05) is 17.2 Å². The molecule has 0 unspecified atom stereocenters. The van der Waals surface area contributed by atoms with E-state index < -0.39 is 0 Å². The van der Waals surface area contributed by atoms with Gasteiger partial charge in [0.1, 0.15) is 5.02 Å². The highest BCUT2D eigenvalue weighted by atomic mass is 35.5. The zero-order valence-corrected chi connectivity index (χ0v) is 12.9. The lowest BCUT2D eigenvalue weighted by molar-refractivity contribution is 0.912. The van der Waals surface area contributed by atoms with E-state index >= 15 is 0 Å². The molecule has 0 bridgehead atoms. The Morgan fingerprint density at radius 3 is 2.95 bits per heavy atom. The summed E-state index contributed by atoms with van der Waals surface area (Å²) in [6.45, 7) is 2.95. The molecule has 2 N–H and O–H groups in total. The van der Waals surface area contributed by atoms with Crippen LogP contribution < -0.4 is 10.6 Å². The summed E-state index contributed by atoms with van der Waals surface area (Å²) in [6, 6.07) is 6.47. The van der Waals surface area contributed by atoms with Gasteiger partial charge >= 0.3 is 0 Å². The van der Waals surface area contributed by atoms with Crippen LogP contribution in [0, 0.1) is 0 Å². The minimum atomic E-state index is 0.526. The summed E-state index contributed by atoms with van der Waals surface area (Å²) in [6.07, 6.45) is 6.25. The van der Waals surface area contributed by atoms with E-state index in [9.17, 15) is 0 Å². The topological polar surface area (TPSA) is 49.8 Å². The van der Waals surface area contributed by atoms with Gasteiger partial charge in [0.05, 0.1) is 6.20 Å². The average molecular weight is 303 g/mol. The molecule has 0 aliphatic heterocycles. The summed E-state index contributed by atoms with van der Waals surface area (Å²) in [4.78, 5) is 8.62. The van der Waals surface area contributed by atoms with Gasteiger partial charge in [0.2, 0.25) is 5.95 Å². The van der Waals surface area contributed by atoms with Gasteiger partial charge in [-0.2, -0.15) is 4.98 Å². The molecule has 0 spiro atoms. The second kappa shape index (κ2) is 6.31. The Morgan fingerprint density at radius 2 is 2.10 bits per heavy atom. The summed E-state index contributed by atoms with van der Waals surface area (Å²) in [5, 5.41) is 6.99. The molecule has 0 saturated carbocycles. The number of nitrogens with one attached hydrogen (secondary N) is 2. The molecule has 1 aliphatic rings. The minimum absolute atomic E-state index is 0.526. The van der Waals surface area contributed by atoms with Gasteiger partial charge in [0, 0.05) is 12.2 Å². The zero-order valence-electron chi connectivity index (χ0n) is 12.1. The van der Waals surface area contributed by atoms with Gasteiger partial charge in [-0.1, -0.05) is 24.6 Å². The molecule has 0 radical (unpaired) electrons. The summed E-state index contributed by atoms with van der Waals surface area (Å²) < 4.78 is 0. The molecular weight excluding hydrogens is 284 g/mol. The summed E-state index contributed by atoms with van der Waals surface area (Å²) in [7, 11) is 0. The van der Waals surface area contributed by atoms with Gasteiger partial charge in [-0.3, -0.25) is 0 Å². The van der Waals surface area contributed by atoms with Crippen LogP contribution in [-0.4, -0.2) is 16.5 Å². The Balaban J connectivity index is 1.80. The van der Waals surface area contributed by atoms with Crippen LogP contribution in [-0.2, 0) is 12.8 Å². The van der Waals surface area contributed by atoms with E-state index in [-0.39, 0.29) is 0 Å². The molecule has 4 nitrogen and oxygen atoms in total. The van der Waals surface area contributed by atoms with E-state index in [1.165, 1.54) is 24.0 Å². The third-order valence-electron chi connectivity index (χ3n) is 3.64. The largest absolute Gasteiger partial charge is 0.354 e. The maximum atomic E-state index is 6.18. The maximum absolute atomic E-state index is 6.18. The van der Waals surface area contributed by atoms with Crippen molar-refractivity contribution in [3.8, 4) is 0 Å². The highest BCUT2D eigenvalue weighted by molar-refractivity contribution is 6.32. The molecule has 1 aliphatic carbocycles. The highest BCUT2D eigenvalue weighted by Crippen LogP contribution is 2.28. The van der Waals surface area contributed by atoms with Crippen molar-refractivity contribution in [3.05, 3.63) is 40.5 Å². The first-order valence-electron chi connectivity index (χ1n) is 7.41. The number of aryl methyl sites for hydroxylation is 2. The van der Waals surface area contributed by atoms with Crippen LogP contribution in [0.4, 0.5) is 17.5 Å². The van der Waals surface area contributed by atoms with E-state index in [0.717, 1.165) is 25.1 Å². The van der Waals surface area contributed by atoms with E-state index in [4.69, 9.17) is 11.6 Å². The number of hydrogen-bond donors (Lipinski definition) is 2. The van der Waals surface area contributed by atoms with Gasteiger partial charge in [0.25, 0.3) is 0 Å². The van der Waals surface area contributed by atoms with Crippen molar-refractivity contribution >= 4 is 29.1 Å². The predicted octanol–water partition coefficient (Wildman–Crippen LogP) is 4.18. The number of fused-ring (bicyclic) bond motifs is 1. The molecule has 3 rings (SSSR count).